The van der Waals surface area contributed by atoms with Crippen LogP contribution in [-0.2, 0) is 0 Å². The fourth-order valence-corrected chi connectivity index (χ4v) is 0.969. The Morgan fingerprint density at radius 3 is 2.64 bits per heavy atom. The molecular formula is C8H16N6. The molecule has 0 aliphatic rings. The summed E-state index contributed by atoms with van der Waals surface area (Å²) < 4.78 is 0. The summed E-state index contributed by atoms with van der Waals surface area (Å²) >= 11 is 0. The van der Waals surface area contributed by atoms with Crippen LogP contribution < -0.4 is 16.4 Å². The number of rotatable bonds is 4. The van der Waals surface area contributed by atoms with Crippen LogP contribution in [0.4, 0.5) is 11.9 Å². The van der Waals surface area contributed by atoms with Crippen molar-refractivity contribution in [3.63, 3.8) is 0 Å². The number of nitrogens with zero attached hydrogens (tertiary/aromatic N) is 3. The smallest absolute Gasteiger partial charge is 0.227 e. The summed E-state index contributed by atoms with van der Waals surface area (Å²) in [5.41, 5.74) is 5.55. The Kier molecular flexibility index (Phi) is 3.58. The van der Waals surface area contributed by atoms with Crippen LogP contribution in [0.5, 0.6) is 0 Å². The van der Waals surface area contributed by atoms with Gasteiger partial charge in [-0.15, -0.1) is 0 Å². The quantitative estimate of drug-likeness (QED) is 0.636. The maximum atomic E-state index is 5.55. The highest BCUT2D eigenvalue weighted by Gasteiger charge is 2.09. The van der Waals surface area contributed by atoms with E-state index in [1.807, 2.05) is 20.9 Å². The average molecular weight is 196 g/mol. The van der Waals surface area contributed by atoms with Crippen molar-refractivity contribution in [1.29, 1.82) is 0 Å². The summed E-state index contributed by atoms with van der Waals surface area (Å²) in [5, 5.41) is 6.04. The summed E-state index contributed by atoms with van der Waals surface area (Å²) in [5.74, 6) is 1.42. The van der Waals surface area contributed by atoms with Crippen LogP contribution in [0.15, 0.2) is 0 Å². The highest BCUT2D eigenvalue weighted by molar-refractivity contribution is 5.31. The largest absolute Gasteiger partial charge is 0.368 e. The van der Waals surface area contributed by atoms with E-state index >= 15 is 0 Å². The Hall–Kier alpha value is -1.43. The molecule has 0 saturated heterocycles. The van der Waals surface area contributed by atoms with Gasteiger partial charge in [-0.25, -0.2) is 0 Å². The summed E-state index contributed by atoms with van der Waals surface area (Å²) in [4.78, 5) is 12.2. The zero-order valence-corrected chi connectivity index (χ0v) is 8.70. The van der Waals surface area contributed by atoms with Gasteiger partial charge in [-0.1, -0.05) is 0 Å². The lowest BCUT2D eigenvalue weighted by Crippen LogP contribution is -2.18. The number of aromatic nitrogens is 3. The van der Waals surface area contributed by atoms with Crippen molar-refractivity contribution < 1.29 is 0 Å². The van der Waals surface area contributed by atoms with Gasteiger partial charge in [0.1, 0.15) is 0 Å². The summed E-state index contributed by atoms with van der Waals surface area (Å²) in [6.45, 7) is 4.70. The molecule has 0 aliphatic heterocycles. The number of nitrogen functional groups attached to an aromatic ring is 1. The Balaban J connectivity index is 2.94. The molecule has 78 valence electrons. The van der Waals surface area contributed by atoms with Crippen molar-refractivity contribution in [3.8, 4) is 0 Å². The van der Waals surface area contributed by atoms with Gasteiger partial charge >= 0.3 is 0 Å². The number of nitrogens with two attached hydrogens (primary N) is 1. The van der Waals surface area contributed by atoms with Gasteiger partial charge < -0.3 is 16.4 Å². The second kappa shape index (κ2) is 4.71. The van der Waals surface area contributed by atoms with Crippen molar-refractivity contribution in [2.45, 2.75) is 19.9 Å². The van der Waals surface area contributed by atoms with Crippen LogP contribution in [0.1, 0.15) is 25.7 Å². The molecule has 0 aromatic carbocycles. The SMILES string of the molecule is CCNc1nc(N)nc(C(C)NC)n1. The van der Waals surface area contributed by atoms with Gasteiger partial charge in [0.2, 0.25) is 11.9 Å². The van der Waals surface area contributed by atoms with Crippen LogP contribution in [0, 0.1) is 0 Å². The third-order valence-corrected chi connectivity index (χ3v) is 1.83. The van der Waals surface area contributed by atoms with Crippen molar-refractivity contribution in [1.82, 2.24) is 20.3 Å². The number of hydrogen-bond donors (Lipinski definition) is 3. The molecule has 1 aromatic rings. The van der Waals surface area contributed by atoms with Gasteiger partial charge in [0.05, 0.1) is 6.04 Å². The molecule has 0 saturated carbocycles. The summed E-state index contributed by atoms with van der Waals surface area (Å²) in [7, 11) is 1.84. The number of nitrogens with one attached hydrogen (secondary N) is 2. The molecule has 1 unspecified atom stereocenters. The standard InChI is InChI=1S/C8H16N6/c1-4-11-8-13-6(5(2)10-3)12-7(9)14-8/h5,10H,4H2,1-3H3,(H3,9,11,12,13,14). The fourth-order valence-electron chi connectivity index (χ4n) is 0.969. The van der Waals surface area contributed by atoms with Crippen LogP contribution in [0.3, 0.4) is 0 Å². The van der Waals surface area contributed by atoms with Crippen LogP contribution in [0.25, 0.3) is 0 Å². The fraction of sp³-hybridized carbons (Fsp3) is 0.625. The molecular weight excluding hydrogens is 180 g/mol. The Bertz CT molecular complexity index is 300. The second-order valence-electron chi connectivity index (χ2n) is 2.92. The van der Waals surface area contributed by atoms with Crippen molar-refractivity contribution in [3.05, 3.63) is 5.82 Å². The first-order valence-electron chi connectivity index (χ1n) is 4.60. The minimum absolute atomic E-state index is 0.0673. The van der Waals surface area contributed by atoms with E-state index in [-0.39, 0.29) is 12.0 Å². The van der Waals surface area contributed by atoms with Gasteiger partial charge in [0.25, 0.3) is 0 Å². The lowest BCUT2D eigenvalue weighted by atomic mass is 10.3. The van der Waals surface area contributed by atoms with Crippen molar-refractivity contribution in [2.75, 3.05) is 24.6 Å². The van der Waals surface area contributed by atoms with Gasteiger partial charge in [0.15, 0.2) is 5.82 Å². The minimum atomic E-state index is 0.0673. The Morgan fingerprint density at radius 2 is 2.07 bits per heavy atom. The van der Waals surface area contributed by atoms with Crippen LogP contribution in [-0.4, -0.2) is 28.5 Å². The highest BCUT2D eigenvalue weighted by atomic mass is 15.2. The molecule has 1 heterocycles. The first kappa shape index (κ1) is 10.6. The first-order valence-corrected chi connectivity index (χ1v) is 4.60. The summed E-state index contributed by atoms with van der Waals surface area (Å²) in [6, 6.07) is 0.0673. The normalized spacial score (nSPS) is 12.5. The number of anilines is 2. The monoisotopic (exact) mass is 196 g/mol. The molecule has 0 amide bonds. The number of hydrogen-bond acceptors (Lipinski definition) is 6. The molecule has 0 radical (unpaired) electrons. The molecule has 0 fully saturated rings. The lowest BCUT2D eigenvalue weighted by Gasteiger charge is -2.10. The third-order valence-electron chi connectivity index (χ3n) is 1.83. The predicted molar refractivity (Wildman–Crippen MR) is 55.9 cm³/mol. The molecule has 6 heteroatoms. The van der Waals surface area contributed by atoms with Gasteiger partial charge in [-0.3, -0.25) is 0 Å². The molecule has 4 N–H and O–H groups in total. The molecule has 1 rings (SSSR count). The van der Waals surface area contributed by atoms with E-state index in [4.69, 9.17) is 5.73 Å². The van der Waals surface area contributed by atoms with Gasteiger partial charge in [-0.05, 0) is 20.9 Å². The Morgan fingerprint density at radius 1 is 1.36 bits per heavy atom. The van der Waals surface area contributed by atoms with E-state index < -0.39 is 0 Å². The van der Waals surface area contributed by atoms with E-state index in [0.29, 0.717) is 11.8 Å². The molecule has 0 bridgehead atoms. The van der Waals surface area contributed by atoms with E-state index in [9.17, 15) is 0 Å². The van der Waals surface area contributed by atoms with Gasteiger partial charge in [-0.2, -0.15) is 15.0 Å². The topological polar surface area (TPSA) is 88.8 Å². The third kappa shape index (κ3) is 2.53. The van der Waals surface area contributed by atoms with E-state index in [1.54, 1.807) is 0 Å². The van der Waals surface area contributed by atoms with Crippen molar-refractivity contribution in [2.24, 2.45) is 0 Å². The minimum Gasteiger partial charge on any atom is -0.368 e. The average Bonchev–Trinajstić information content (AvgIpc) is 2.16. The van der Waals surface area contributed by atoms with Crippen molar-refractivity contribution >= 4 is 11.9 Å². The van der Waals surface area contributed by atoms with Crippen LogP contribution in [0.2, 0.25) is 0 Å². The molecule has 14 heavy (non-hydrogen) atoms. The summed E-state index contributed by atoms with van der Waals surface area (Å²) in [6.07, 6.45) is 0. The maximum absolute atomic E-state index is 5.55. The van der Waals surface area contributed by atoms with E-state index in [1.165, 1.54) is 0 Å². The molecule has 0 spiro atoms. The van der Waals surface area contributed by atoms with E-state index in [0.717, 1.165) is 6.54 Å². The predicted octanol–water partition coefficient (Wildman–Crippen LogP) is 0.166. The molecule has 1 atom stereocenters. The zero-order chi connectivity index (χ0) is 10.6. The molecule has 0 aliphatic carbocycles. The van der Waals surface area contributed by atoms with Crippen LogP contribution >= 0.6 is 0 Å². The zero-order valence-electron chi connectivity index (χ0n) is 8.70. The lowest BCUT2D eigenvalue weighted by molar-refractivity contribution is 0.608. The van der Waals surface area contributed by atoms with E-state index in [2.05, 4.69) is 25.6 Å². The second-order valence-corrected chi connectivity index (χ2v) is 2.92. The Labute approximate surface area is 83.4 Å². The molecule has 1 aromatic heterocycles. The highest BCUT2D eigenvalue weighted by Crippen LogP contribution is 2.09. The first-order chi connectivity index (χ1) is 6.67. The van der Waals surface area contributed by atoms with Gasteiger partial charge in [0, 0.05) is 6.54 Å². The maximum Gasteiger partial charge on any atom is 0.227 e. The molecule has 6 nitrogen and oxygen atoms in total.